The van der Waals surface area contributed by atoms with E-state index in [0.29, 0.717) is 0 Å². The molecule has 1 heterocycles. The Labute approximate surface area is 103 Å². The summed E-state index contributed by atoms with van der Waals surface area (Å²) in [5.41, 5.74) is -0.304. The third-order valence-electron chi connectivity index (χ3n) is 2.12. The highest BCUT2D eigenvalue weighted by Gasteiger charge is 2.08. The fourth-order valence-electron chi connectivity index (χ4n) is 1.21. The van der Waals surface area contributed by atoms with Gasteiger partial charge in [0.15, 0.2) is 0 Å². The van der Waals surface area contributed by atoms with Gasteiger partial charge in [0.05, 0.1) is 23.1 Å². The first kappa shape index (κ1) is 14.0. The summed E-state index contributed by atoms with van der Waals surface area (Å²) in [5, 5.41) is 23.4. The van der Waals surface area contributed by atoms with Crippen molar-refractivity contribution in [1.82, 2.24) is 5.32 Å². The molecule has 98 valence electrons. The number of nitro groups is 2. The number of hydrogen-bond donors (Lipinski definition) is 1. The average Bonchev–Trinajstić information content (AvgIpc) is 2.41. The van der Waals surface area contributed by atoms with Gasteiger partial charge in [-0.2, -0.15) is 0 Å². The third kappa shape index (κ3) is 4.85. The van der Waals surface area contributed by atoms with Crippen molar-refractivity contribution in [3.63, 3.8) is 0 Å². The molecule has 0 saturated carbocycles. The van der Waals surface area contributed by atoms with Crippen LogP contribution in [0.3, 0.4) is 0 Å². The summed E-state index contributed by atoms with van der Waals surface area (Å²) in [6.07, 6.45) is 0. The van der Waals surface area contributed by atoms with E-state index in [0.717, 1.165) is 50.6 Å². The molecule has 1 aliphatic heterocycles. The van der Waals surface area contributed by atoms with Crippen molar-refractivity contribution in [3.8, 4) is 0 Å². The lowest BCUT2D eigenvalue weighted by Gasteiger charge is -2.10. The molecule has 1 aromatic rings. The maximum atomic E-state index is 10.1. The van der Waals surface area contributed by atoms with Crippen LogP contribution in [0.5, 0.6) is 0 Å². The number of nitrogens with one attached hydrogen (secondary N) is 1. The molecule has 0 aliphatic carbocycles. The monoisotopic (exact) mass is 255 g/mol. The van der Waals surface area contributed by atoms with Crippen LogP contribution in [0.2, 0.25) is 0 Å². The van der Waals surface area contributed by atoms with Gasteiger partial charge >= 0.3 is 0 Å². The Morgan fingerprint density at radius 1 is 0.944 bits per heavy atom. The highest BCUT2D eigenvalue weighted by atomic mass is 16.6. The van der Waals surface area contributed by atoms with Crippen LogP contribution in [0.4, 0.5) is 11.4 Å². The number of rotatable bonds is 2. The highest BCUT2D eigenvalue weighted by molar-refractivity contribution is 5.39. The van der Waals surface area contributed by atoms with E-state index in [4.69, 9.17) is 4.74 Å². The van der Waals surface area contributed by atoms with Crippen molar-refractivity contribution in [2.75, 3.05) is 26.3 Å². The molecule has 1 aromatic carbocycles. The molecule has 0 radical (unpaired) electrons. The molecule has 8 heteroatoms. The molecule has 1 saturated heterocycles. The molecular formula is C10H13N3O5. The number of hydrogen-bond acceptors (Lipinski definition) is 6. The molecule has 0 atom stereocenters. The van der Waals surface area contributed by atoms with E-state index in [1.165, 1.54) is 0 Å². The predicted octanol–water partition coefficient (Wildman–Crippen LogP) is 1.11. The van der Waals surface area contributed by atoms with Crippen LogP contribution in [0.25, 0.3) is 0 Å². The Morgan fingerprint density at radius 3 is 1.50 bits per heavy atom. The molecule has 1 N–H and O–H groups in total. The second-order valence-electron chi connectivity index (χ2n) is 3.39. The zero-order chi connectivity index (χ0) is 13.4. The van der Waals surface area contributed by atoms with Crippen molar-refractivity contribution in [1.29, 1.82) is 0 Å². The Hall–Kier alpha value is -2.06. The van der Waals surface area contributed by atoms with E-state index in [1.807, 2.05) is 0 Å². The van der Waals surface area contributed by atoms with Gasteiger partial charge in [0.2, 0.25) is 0 Å². The summed E-state index contributed by atoms with van der Waals surface area (Å²) < 4.78 is 5.01. The second kappa shape index (κ2) is 7.30. The van der Waals surface area contributed by atoms with Crippen molar-refractivity contribution < 1.29 is 14.6 Å². The van der Waals surface area contributed by atoms with Gasteiger partial charge in [0.1, 0.15) is 0 Å². The minimum absolute atomic E-state index is 0.152. The third-order valence-corrected chi connectivity index (χ3v) is 2.12. The summed E-state index contributed by atoms with van der Waals surface area (Å²) in [7, 11) is 0. The Balaban J connectivity index is 0.000000225. The number of non-ortho nitro benzene ring substituents is 2. The van der Waals surface area contributed by atoms with E-state index in [9.17, 15) is 20.2 Å². The lowest BCUT2D eigenvalue weighted by Crippen LogP contribution is -2.30. The second-order valence-corrected chi connectivity index (χ2v) is 3.39. The number of benzene rings is 1. The van der Waals surface area contributed by atoms with E-state index >= 15 is 0 Å². The van der Waals surface area contributed by atoms with Crippen LogP contribution in [-0.4, -0.2) is 36.1 Å². The van der Waals surface area contributed by atoms with Gasteiger partial charge < -0.3 is 10.1 Å². The minimum atomic E-state index is -0.607. The van der Waals surface area contributed by atoms with Crippen LogP contribution in [-0.2, 0) is 4.74 Å². The molecule has 0 aromatic heterocycles. The first-order chi connectivity index (χ1) is 8.61. The molecule has 0 bridgehead atoms. The van der Waals surface area contributed by atoms with Gasteiger partial charge in [-0.3, -0.25) is 20.2 Å². The standard InChI is InChI=1S/C6H4N2O4.C4H9NO/c9-7(10)5-1-2-6(4-3-5)8(11)12;1-3-6-4-2-5-1/h1-4H;5H,1-4H2. The summed E-state index contributed by atoms with van der Waals surface area (Å²) in [5.74, 6) is 0. The fraction of sp³-hybridized carbons (Fsp3) is 0.400. The van der Waals surface area contributed by atoms with Gasteiger partial charge in [0.25, 0.3) is 11.4 Å². The van der Waals surface area contributed by atoms with Gasteiger partial charge in [-0.1, -0.05) is 0 Å². The van der Waals surface area contributed by atoms with E-state index < -0.39 is 9.85 Å². The summed E-state index contributed by atoms with van der Waals surface area (Å²) >= 11 is 0. The van der Waals surface area contributed by atoms with E-state index in [-0.39, 0.29) is 11.4 Å². The minimum Gasteiger partial charge on any atom is -0.379 e. The van der Waals surface area contributed by atoms with Gasteiger partial charge in [-0.05, 0) is 0 Å². The Bertz CT molecular complexity index is 358. The van der Waals surface area contributed by atoms with Crippen LogP contribution >= 0.6 is 0 Å². The molecule has 8 nitrogen and oxygen atoms in total. The number of nitro benzene ring substituents is 2. The first-order valence-electron chi connectivity index (χ1n) is 5.28. The predicted molar refractivity (Wildman–Crippen MR) is 63.4 cm³/mol. The quantitative estimate of drug-likeness (QED) is 0.626. The summed E-state index contributed by atoms with van der Waals surface area (Å²) in [4.78, 5) is 19.0. The maximum absolute atomic E-state index is 10.1. The largest absolute Gasteiger partial charge is 0.379 e. The van der Waals surface area contributed by atoms with Gasteiger partial charge in [-0.25, -0.2) is 0 Å². The van der Waals surface area contributed by atoms with Crippen LogP contribution in [0.15, 0.2) is 24.3 Å². The number of morpholine rings is 1. The van der Waals surface area contributed by atoms with E-state index in [2.05, 4.69) is 5.32 Å². The normalized spacial score (nSPS) is 14.2. The zero-order valence-corrected chi connectivity index (χ0v) is 9.57. The smallest absolute Gasteiger partial charge is 0.269 e. The summed E-state index contributed by atoms with van der Waals surface area (Å²) in [6.45, 7) is 3.83. The maximum Gasteiger partial charge on any atom is 0.269 e. The van der Waals surface area contributed by atoms with Crippen molar-refractivity contribution in [2.24, 2.45) is 0 Å². The molecule has 1 fully saturated rings. The SMILES string of the molecule is C1COCCN1.O=[N+]([O-])c1ccc([N+](=O)[O-])cc1. The molecule has 1 aliphatic rings. The fourth-order valence-corrected chi connectivity index (χ4v) is 1.21. The lowest BCUT2D eigenvalue weighted by atomic mass is 10.3. The molecule has 2 rings (SSSR count). The number of ether oxygens (including phenoxy) is 1. The Morgan fingerprint density at radius 2 is 1.33 bits per heavy atom. The topological polar surface area (TPSA) is 108 Å². The first-order valence-corrected chi connectivity index (χ1v) is 5.28. The van der Waals surface area contributed by atoms with Gasteiger partial charge in [-0.15, -0.1) is 0 Å². The molecule has 0 unspecified atom stereocenters. The number of nitrogens with zero attached hydrogens (tertiary/aromatic N) is 2. The van der Waals surface area contributed by atoms with Crippen molar-refractivity contribution in [3.05, 3.63) is 44.5 Å². The molecule has 0 spiro atoms. The average molecular weight is 255 g/mol. The van der Waals surface area contributed by atoms with Gasteiger partial charge in [0, 0.05) is 37.4 Å². The molecular weight excluding hydrogens is 242 g/mol. The van der Waals surface area contributed by atoms with Crippen LogP contribution < -0.4 is 5.32 Å². The zero-order valence-electron chi connectivity index (χ0n) is 9.57. The van der Waals surface area contributed by atoms with Crippen molar-refractivity contribution >= 4 is 11.4 Å². The van der Waals surface area contributed by atoms with E-state index in [1.54, 1.807) is 0 Å². The molecule has 0 amide bonds. The lowest BCUT2D eigenvalue weighted by molar-refractivity contribution is -0.389. The Kier molecular flexibility index (Phi) is 5.68. The van der Waals surface area contributed by atoms with Crippen LogP contribution in [0.1, 0.15) is 0 Å². The highest BCUT2D eigenvalue weighted by Crippen LogP contribution is 2.16. The summed E-state index contributed by atoms with van der Waals surface area (Å²) in [6, 6.07) is 4.38. The van der Waals surface area contributed by atoms with Crippen LogP contribution in [0, 0.1) is 20.2 Å². The van der Waals surface area contributed by atoms with Crippen molar-refractivity contribution in [2.45, 2.75) is 0 Å². The molecule has 18 heavy (non-hydrogen) atoms.